The second-order valence-corrected chi connectivity index (χ2v) is 10.2. The molecule has 0 aliphatic rings. The Labute approximate surface area is 242 Å². The van der Waals surface area contributed by atoms with Crippen LogP contribution in [0, 0.1) is 0 Å². The lowest BCUT2D eigenvalue weighted by atomic mass is 10.2. The highest BCUT2D eigenvalue weighted by Gasteiger charge is 2.23. The highest BCUT2D eigenvalue weighted by atomic mass is 32.1. The minimum absolute atomic E-state index is 0.292. The molecule has 0 aliphatic heterocycles. The van der Waals surface area contributed by atoms with Crippen molar-refractivity contribution < 1.29 is 29.2 Å². The number of hydrogen-bond donors (Lipinski definition) is 6. The van der Waals surface area contributed by atoms with Gasteiger partial charge >= 0.3 is 11.2 Å². The summed E-state index contributed by atoms with van der Waals surface area (Å²) >= 11 is 1.25. The number of urea groups is 1. The van der Waals surface area contributed by atoms with Crippen LogP contribution in [0.1, 0.15) is 20.8 Å². The molecule has 1 aromatic heterocycles. The number of ether oxygens (including phenoxy) is 1. The number of amides is 3. The van der Waals surface area contributed by atoms with E-state index in [1.54, 1.807) is 66.9 Å². The molecule has 3 rings (SSSR count). The van der Waals surface area contributed by atoms with Gasteiger partial charge in [-0.2, -0.15) is 0 Å². The number of methoxy groups -OCH3 is 1. The average Bonchev–Trinajstić information content (AvgIpc) is 3.28. The normalized spacial score (nSPS) is 12.5. The van der Waals surface area contributed by atoms with E-state index >= 15 is 0 Å². The topological polar surface area (TPSA) is 177 Å². The van der Waals surface area contributed by atoms with Gasteiger partial charge in [0.15, 0.2) is 0 Å². The van der Waals surface area contributed by atoms with Gasteiger partial charge in [-0.25, -0.2) is 4.79 Å². The van der Waals surface area contributed by atoms with Crippen LogP contribution in [-0.4, -0.2) is 66.7 Å². The number of aromatic nitrogens is 2. The molecule has 3 aromatic rings. The minimum atomic E-state index is -0.620. The van der Waals surface area contributed by atoms with Crippen LogP contribution in [0.2, 0.25) is 0 Å². The van der Waals surface area contributed by atoms with E-state index < -0.39 is 12.2 Å². The standard InChI is InChI=1S/C26H35N9O5S/c1-15(36)13-35(14-16(2)37)26-33-34(5)25(41-26)32-31-21-12-23(40-6)22(11-20(21)28-17(3)38)29-18-7-9-19(10-8-18)30-24(39)27-4/h7-12,15-16,36-37H,13-14H2,1-6H3,(H3,27,28,29,30,31,38,39)/p+1. The number of anilines is 5. The molecule has 6 N–H and O–H groups in total. The number of hydrogen-bond acceptors (Lipinski definition) is 11. The summed E-state index contributed by atoms with van der Waals surface area (Å²) < 4.78 is 7.13. The summed E-state index contributed by atoms with van der Waals surface area (Å²) in [4.78, 5) is 25.3. The fourth-order valence-electron chi connectivity index (χ4n) is 3.71. The van der Waals surface area contributed by atoms with E-state index in [4.69, 9.17) is 4.74 Å². The number of aryl methyl sites for hydroxylation is 1. The first-order chi connectivity index (χ1) is 19.5. The zero-order valence-electron chi connectivity index (χ0n) is 23.8. The van der Waals surface area contributed by atoms with Crippen LogP contribution in [0.3, 0.4) is 0 Å². The SMILES string of the molecule is CNC(=O)Nc1ccc(Nc2cc(NC(C)=O)c(N=Nc3sc(N(CC(C)O)CC(C)O)n[n+]3C)cc2OC)cc1. The molecular weight excluding hydrogens is 550 g/mol. The Hall–Kier alpha value is -4.34. The van der Waals surface area contributed by atoms with Crippen LogP contribution in [0.5, 0.6) is 5.75 Å². The van der Waals surface area contributed by atoms with Crippen LogP contribution in [0.15, 0.2) is 46.6 Å². The van der Waals surface area contributed by atoms with Gasteiger partial charge in [0.05, 0.1) is 35.8 Å². The zero-order chi connectivity index (χ0) is 30.1. The molecule has 220 valence electrons. The summed E-state index contributed by atoms with van der Waals surface area (Å²) in [6.07, 6.45) is -1.24. The van der Waals surface area contributed by atoms with Crippen molar-refractivity contribution in [1.82, 2.24) is 10.4 Å². The van der Waals surface area contributed by atoms with Gasteiger partial charge < -0.3 is 41.1 Å². The maximum absolute atomic E-state index is 12.0. The first-order valence-electron chi connectivity index (χ1n) is 12.7. The Morgan fingerprint density at radius 1 is 1.05 bits per heavy atom. The number of nitrogens with one attached hydrogen (secondary N) is 4. The molecule has 0 radical (unpaired) electrons. The Morgan fingerprint density at radius 2 is 1.68 bits per heavy atom. The Morgan fingerprint density at radius 3 is 2.24 bits per heavy atom. The number of azo groups is 1. The summed E-state index contributed by atoms with van der Waals surface area (Å²) in [6, 6.07) is 10.1. The highest BCUT2D eigenvalue weighted by molar-refractivity contribution is 7.18. The maximum Gasteiger partial charge on any atom is 0.431 e. The van der Waals surface area contributed by atoms with Gasteiger partial charge in [-0.15, -0.1) is 4.68 Å². The molecule has 2 atom stereocenters. The zero-order valence-corrected chi connectivity index (χ0v) is 24.6. The van der Waals surface area contributed by atoms with Gasteiger partial charge in [-0.05, 0) is 60.6 Å². The third kappa shape index (κ3) is 9.09. The molecule has 14 nitrogen and oxygen atoms in total. The number of rotatable bonds is 12. The molecule has 0 saturated heterocycles. The summed E-state index contributed by atoms with van der Waals surface area (Å²) in [7, 11) is 4.77. The lowest BCUT2D eigenvalue weighted by Crippen LogP contribution is -2.38. The van der Waals surface area contributed by atoms with Crippen molar-refractivity contribution in [2.75, 3.05) is 48.1 Å². The summed E-state index contributed by atoms with van der Waals surface area (Å²) in [5.74, 6) is 0.162. The van der Waals surface area contributed by atoms with Crippen molar-refractivity contribution in [3.05, 3.63) is 36.4 Å². The van der Waals surface area contributed by atoms with E-state index in [1.807, 2.05) is 0 Å². The molecule has 0 spiro atoms. The largest absolute Gasteiger partial charge is 0.494 e. The molecule has 41 heavy (non-hydrogen) atoms. The van der Waals surface area contributed by atoms with Gasteiger partial charge in [-0.3, -0.25) is 4.79 Å². The smallest absolute Gasteiger partial charge is 0.431 e. The number of carbonyl (C=O) groups excluding carboxylic acids is 2. The molecule has 15 heteroatoms. The lowest BCUT2D eigenvalue weighted by Gasteiger charge is -2.23. The predicted molar refractivity (Wildman–Crippen MR) is 158 cm³/mol. The Balaban J connectivity index is 1.91. The van der Waals surface area contributed by atoms with Crippen molar-refractivity contribution in [1.29, 1.82) is 0 Å². The van der Waals surface area contributed by atoms with Crippen molar-refractivity contribution in [3.63, 3.8) is 0 Å². The highest BCUT2D eigenvalue weighted by Crippen LogP contribution is 2.39. The number of aliphatic hydroxyl groups is 2. The van der Waals surface area contributed by atoms with Gasteiger partial charge in [0.25, 0.3) is 0 Å². The van der Waals surface area contributed by atoms with Crippen LogP contribution in [0.25, 0.3) is 0 Å². The first kappa shape index (κ1) is 31.2. The van der Waals surface area contributed by atoms with E-state index in [0.29, 0.717) is 51.9 Å². The lowest BCUT2D eigenvalue weighted by molar-refractivity contribution is -0.712. The van der Waals surface area contributed by atoms with Crippen molar-refractivity contribution in [3.8, 4) is 5.75 Å². The monoisotopic (exact) mass is 586 g/mol. The molecule has 0 fully saturated rings. The van der Waals surface area contributed by atoms with Gasteiger partial charge in [0.1, 0.15) is 18.5 Å². The van der Waals surface area contributed by atoms with Crippen molar-refractivity contribution in [2.24, 2.45) is 17.3 Å². The third-order valence-corrected chi connectivity index (χ3v) is 6.51. The van der Waals surface area contributed by atoms with E-state index in [-0.39, 0.29) is 11.9 Å². The summed E-state index contributed by atoms with van der Waals surface area (Å²) in [5, 5.41) is 45.2. The maximum atomic E-state index is 12.0. The fourth-order valence-corrected chi connectivity index (χ4v) is 4.57. The molecule has 0 bridgehead atoms. The molecule has 0 aliphatic carbocycles. The second kappa shape index (κ2) is 14.3. The summed E-state index contributed by atoms with van der Waals surface area (Å²) in [6.45, 7) is 5.31. The third-order valence-electron chi connectivity index (χ3n) is 5.46. The number of carbonyl (C=O) groups is 2. The van der Waals surface area contributed by atoms with Crippen LogP contribution in [-0.2, 0) is 11.8 Å². The van der Waals surface area contributed by atoms with E-state index in [0.717, 1.165) is 5.69 Å². The quantitative estimate of drug-likeness (QED) is 0.138. The Kier molecular flexibility index (Phi) is 10.9. The number of nitrogens with zero attached hydrogens (tertiary/aromatic N) is 5. The van der Waals surface area contributed by atoms with Crippen molar-refractivity contribution in [2.45, 2.75) is 33.0 Å². The van der Waals surface area contributed by atoms with Gasteiger partial charge in [0.2, 0.25) is 11.0 Å². The minimum Gasteiger partial charge on any atom is -0.494 e. The Bertz CT molecular complexity index is 1370. The first-order valence-corrected chi connectivity index (χ1v) is 13.6. The molecule has 1 heterocycles. The fraction of sp³-hybridized carbons (Fsp3) is 0.385. The second-order valence-electron chi connectivity index (χ2n) is 9.25. The number of aliphatic hydroxyl groups excluding tert-OH is 2. The average molecular weight is 587 g/mol. The summed E-state index contributed by atoms with van der Waals surface area (Å²) in [5.41, 5.74) is 2.67. The number of benzene rings is 2. The molecule has 2 unspecified atom stereocenters. The van der Waals surface area contributed by atoms with Crippen LogP contribution < -0.4 is 35.6 Å². The van der Waals surface area contributed by atoms with Gasteiger partial charge in [0, 0.05) is 44.5 Å². The molecule has 3 amide bonds. The molecule has 2 aromatic carbocycles. The van der Waals surface area contributed by atoms with Crippen LogP contribution >= 0.6 is 11.3 Å². The molecular formula is C26H36N9O5S+. The van der Waals surface area contributed by atoms with Gasteiger partial charge in [-0.1, -0.05) is 5.10 Å². The van der Waals surface area contributed by atoms with E-state index in [2.05, 4.69) is 36.6 Å². The van der Waals surface area contributed by atoms with E-state index in [1.165, 1.54) is 32.4 Å². The predicted octanol–water partition coefficient (Wildman–Crippen LogP) is 3.41. The molecule has 0 saturated carbocycles. The van der Waals surface area contributed by atoms with Crippen LogP contribution in [0.4, 0.5) is 43.5 Å². The van der Waals surface area contributed by atoms with Crippen molar-refractivity contribution >= 4 is 62.0 Å². The van der Waals surface area contributed by atoms with E-state index in [9.17, 15) is 19.8 Å².